The number of pyridine rings is 1. The van der Waals surface area contributed by atoms with E-state index in [1.165, 1.54) is 12.1 Å². The Morgan fingerprint density at radius 1 is 1.15 bits per heavy atom. The fraction of sp³-hybridized carbons (Fsp3) is 0.286. The van der Waals surface area contributed by atoms with E-state index in [-0.39, 0.29) is 0 Å². The molecule has 0 aliphatic carbocycles. The van der Waals surface area contributed by atoms with Crippen LogP contribution in [-0.4, -0.2) is 28.0 Å². The summed E-state index contributed by atoms with van der Waals surface area (Å²) >= 11 is 0. The second kappa shape index (κ2) is 6.53. The molecule has 0 spiro atoms. The van der Waals surface area contributed by atoms with Crippen molar-refractivity contribution in [3.05, 3.63) is 65.1 Å². The molecule has 2 aromatic heterocycles. The van der Waals surface area contributed by atoms with E-state index < -0.39 is 11.7 Å². The predicted molar refractivity (Wildman–Crippen MR) is 101 cm³/mol. The highest BCUT2D eigenvalue weighted by atomic mass is 19.4. The number of likely N-dealkylation sites (N-methyl/N-ethyl adjacent to an activating group) is 1. The molecule has 0 atom stereocenters. The van der Waals surface area contributed by atoms with Crippen LogP contribution in [0.1, 0.15) is 29.3 Å². The Labute approximate surface area is 155 Å². The van der Waals surface area contributed by atoms with Crippen LogP contribution in [0.25, 0.3) is 22.7 Å². The first kappa shape index (κ1) is 17.8. The Kier molecular flexibility index (Phi) is 4.30. The topological polar surface area (TPSA) is 21.1 Å². The van der Waals surface area contributed by atoms with Gasteiger partial charge in [0.2, 0.25) is 0 Å². The third-order valence-electron chi connectivity index (χ3n) is 5.16. The van der Waals surface area contributed by atoms with Crippen molar-refractivity contribution in [2.75, 3.05) is 13.6 Å². The zero-order valence-corrected chi connectivity index (χ0v) is 15.2. The Hall–Kier alpha value is -2.60. The third kappa shape index (κ3) is 3.25. The fourth-order valence-electron chi connectivity index (χ4n) is 3.73. The molecule has 0 amide bonds. The van der Waals surface area contributed by atoms with Crippen LogP contribution < -0.4 is 0 Å². The van der Waals surface area contributed by atoms with Crippen molar-refractivity contribution in [2.45, 2.75) is 26.1 Å². The van der Waals surface area contributed by atoms with Gasteiger partial charge in [-0.15, -0.1) is 0 Å². The number of halogens is 3. The fourth-order valence-corrected chi connectivity index (χ4v) is 3.73. The van der Waals surface area contributed by atoms with E-state index in [4.69, 9.17) is 0 Å². The van der Waals surface area contributed by atoms with Crippen molar-refractivity contribution in [1.82, 2.24) is 14.5 Å². The molecule has 0 saturated carbocycles. The van der Waals surface area contributed by atoms with Gasteiger partial charge in [0.25, 0.3) is 0 Å². The minimum absolute atomic E-state index is 0.599. The second-order valence-electron chi connectivity index (χ2n) is 7.06. The van der Waals surface area contributed by atoms with Crippen LogP contribution in [0.5, 0.6) is 0 Å². The van der Waals surface area contributed by atoms with Gasteiger partial charge in [-0.3, -0.25) is 4.98 Å². The summed E-state index contributed by atoms with van der Waals surface area (Å²) in [6, 6.07) is 7.91. The Bertz CT molecular complexity index is 1020. The standard InChI is InChI=1S/C21H20F3N3/c1-14(15-5-8-25-9-6-15)12-27-19-4-3-16(21(22,23)24)11-17(19)18-13-26(2)10-7-20(18)27/h3-6,8-9,11-12H,7,10,13H2,1-2H3/b14-12+. The minimum Gasteiger partial charge on any atom is -0.320 e. The molecule has 0 bridgehead atoms. The van der Waals surface area contributed by atoms with E-state index in [9.17, 15) is 13.2 Å². The summed E-state index contributed by atoms with van der Waals surface area (Å²) in [6.45, 7) is 3.55. The number of benzene rings is 1. The molecule has 0 N–H and O–H groups in total. The van der Waals surface area contributed by atoms with Gasteiger partial charge in [0, 0.05) is 49.2 Å². The largest absolute Gasteiger partial charge is 0.416 e. The van der Waals surface area contributed by atoms with E-state index >= 15 is 0 Å². The van der Waals surface area contributed by atoms with Crippen LogP contribution in [0.2, 0.25) is 0 Å². The van der Waals surface area contributed by atoms with Gasteiger partial charge in [0.1, 0.15) is 0 Å². The quantitative estimate of drug-likeness (QED) is 0.628. The summed E-state index contributed by atoms with van der Waals surface area (Å²) in [5.41, 5.74) is 4.38. The summed E-state index contributed by atoms with van der Waals surface area (Å²) in [4.78, 5) is 6.18. The van der Waals surface area contributed by atoms with Gasteiger partial charge in [-0.05, 0) is 61.0 Å². The van der Waals surface area contributed by atoms with Gasteiger partial charge in [-0.1, -0.05) is 0 Å². The first-order valence-corrected chi connectivity index (χ1v) is 8.85. The first-order chi connectivity index (χ1) is 12.8. The van der Waals surface area contributed by atoms with Crippen LogP contribution >= 0.6 is 0 Å². The molecule has 1 aliphatic rings. The molecule has 1 aliphatic heterocycles. The average molecular weight is 371 g/mol. The lowest BCUT2D eigenvalue weighted by Crippen LogP contribution is -2.26. The lowest BCUT2D eigenvalue weighted by Gasteiger charge is -2.23. The minimum atomic E-state index is -4.34. The molecule has 0 saturated heterocycles. The molecule has 0 fully saturated rings. The van der Waals surface area contributed by atoms with Crippen molar-refractivity contribution in [3.63, 3.8) is 0 Å². The maximum atomic E-state index is 13.2. The first-order valence-electron chi connectivity index (χ1n) is 8.85. The summed E-state index contributed by atoms with van der Waals surface area (Å²) < 4.78 is 41.7. The van der Waals surface area contributed by atoms with Crippen LogP contribution in [-0.2, 0) is 19.1 Å². The smallest absolute Gasteiger partial charge is 0.320 e. The van der Waals surface area contributed by atoms with Crippen molar-refractivity contribution >= 4 is 22.7 Å². The van der Waals surface area contributed by atoms with Crippen molar-refractivity contribution < 1.29 is 13.2 Å². The highest BCUT2D eigenvalue weighted by molar-refractivity contribution is 5.90. The van der Waals surface area contributed by atoms with Gasteiger partial charge < -0.3 is 9.47 Å². The van der Waals surface area contributed by atoms with Crippen LogP contribution in [0.4, 0.5) is 13.2 Å². The molecule has 6 heteroatoms. The highest BCUT2D eigenvalue weighted by Crippen LogP contribution is 2.37. The van der Waals surface area contributed by atoms with E-state index in [0.717, 1.165) is 40.9 Å². The highest BCUT2D eigenvalue weighted by Gasteiger charge is 2.32. The monoisotopic (exact) mass is 371 g/mol. The van der Waals surface area contributed by atoms with Gasteiger partial charge in [0.05, 0.1) is 11.1 Å². The van der Waals surface area contributed by atoms with Crippen LogP contribution in [0.3, 0.4) is 0 Å². The molecular weight excluding hydrogens is 351 g/mol. The van der Waals surface area contributed by atoms with E-state index in [1.807, 2.05) is 32.3 Å². The molecule has 0 radical (unpaired) electrons. The van der Waals surface area contributed by atoms with Gasteiger partial charge in [0.15, 0.2) is 0 Å². The second-order valence-corrected chi connectivity index (χ2v) is 7.06. The molecule has 3 aromatic rings. The molecule has 3 nitrogen and oxygen atoms in total. The summed E-state index contributed by atoms with van der Waals surface area (Å²) in [5, 5.41) is 0.685. The van der Waals surface area contributed by atoms with E-state index in [0.29, 0.717) is 11.9 Å². The van der Waals surface area contributed by atoms with E-state index in [2.05, 4.69) is 14.5 Å². The van der Waals surface area contributed by atoms with Crippen molar-refractivity contribution in [2.24, 2.45) is 0 Å². The number of allylic oxidation sites excluding steroid dienone is 1. The predicted octanol–water partition coefficient (Wildman–Crippen LogP) is 5.06. The average Bonchev–Trinajstić information content (AvgIpc) is 2.94. The Morgan fingerprint density at radius 3 is 2.59 bits per heavy atom. The maximum absolute atomic E-state index is 13.2. The summed E-state index contributed by atoms with van der Waals surface area (Å²) in [7, 11) is 2.00. The molecule has 0 unspecified atom stereocenters. The van der Waals surface area contributed by atoms with Crippen molar-refractivity contribution in [3.8, 4) is 0 Å². The number of fused-ring (bicyclic) bond motifs is 3. The molecule has 140 valence electrons. The van der Waals surface area contributed by atoms with E-state index in [1.54, 1.807) is 18.5 Å². The Balaban J connectivity index is 1.93. The zero-order chi connectivity index (χ0) is 19.2. The lowest BCUT2D eigenvalue weighted by molar-refractivity contribution is -0.137. The summed E-state index contributed by atoms with van der Waals surface area (Å²) in [6.07, 6.45) is 1.96. The van der Waals surface area contributed by atoms with Crippen LogP contribution in [0.15, 0.2) is 42.7 Å². The SMILES string of the molecule is C/C(=C\n1c2c(c3cc(C(F)(F)F)ccc31)CN(C)CC2)c1ccncc1. The van der Waals surface area contributed by atoms with Gasteiger partial charge in [-0.25, -0.2) is 0 Å². The number of rotatable bonds is 2. The molecule has 3 heterocycles. The number of alkyl halides is 3. The summed E-state index contributed by atoms with van der Waals surface area (Å²) in [5.74, 6) is 0. The molecular formula is C21H20F3N3. The number of nitrogens with zero attached hydrogens (tertiary/aromatic N) is 3. The molecule has 4 rings (SSSR count). The molecule has 1 aromatic carbocycles. The zero-order valence-electron chi connectivity index (χ0n) is 15.2. The van der Waals surface area contributed by atoms with Crippen molar-refractivity contribution in [1.29, 1.82) is 0 Å². The van der Waals surface area contributed by atoms with Gasteiger partial charge >= 0.3 is 6.18 Å². The van der Waals surface area contributed by atoms with Crippen LogP contribution in [0, 0.1) is 0 Å². The maximum Gasteiger partial charge on any atom is 0.416 e. The third-order valence-corrected chi connectivity index (χ3v) is 5.16. The number of aromatic nitrogens is 2. The van der Waals surface area contributed by atoms with Gasteiger partial charge in [-0.2, -0.15) is 13.2 Å². The lowest BCUT2D eigenvalue weighted by atomic mass is 10.0. The molecule has 27 heavy (non-hydrogen) atoms. The number of hydrogen-bond donors (Lipinski definition) is 0. The number of hydrogen-bond acceptors (Lipinski definition) is 2. The Morgan fingerprint density at radius 2 is 1.89 bits per heavy atom. The normalized spacial score (nSPS) is 16.0.